The minimum absolute atomic E-state index is 0.0545. The normalized spacial score (nSPS) is 27.5. The van der Waals surface area contributed by atoms with Gasteiger partial charge in [0.15, 0.2) is 11.6 Å². The third-order valence-electron chi connectivity index (χ3n) is 6.83. The first-order chi connectivity index (χ1) is 14.7. The maximum Gasteiger partial charge on any atom is 0.200 e. The van der Waals surface area contributed by atoms with Crippen molar-refractivity contribution in [3.63, 3.8) is 0 Å². The Morgan fingerprint density at radius 2 is 1.41 bits per heavy atom. The third-order valence-corrected chi connectivity index (χ3v) is 16.0. The number of carbonyl (C=O) groups is 1. The summed E-state index contributed by atoms with van der Waals surface area (Å²) in [5, 5.41) is 11.2. The van der Waals surface area contributed by atoms with Gasteiger partial charge in [0.2, 0.25) is 8.32 Å². The second-order valence-corrected chi connectivity index (χ2v) is 19.2. The molecule has 2 aliphatic heterocycles. The van der Waals surface area contributed by atoms with Crippen LogP contribution < -0.4 is 0 Å². The molecule has 0 aromatic rings. The molecule has 0 saturated carbocycles. The lowest BCUT2D eigenvalue weighted by molar-refractivity contribution is -0.301. The van der Waals surface area contributed by atoms with Crippen molar-refractivity contribution >= 4 is 37.6 Å². The van der Waals surface area contributed by atoms with Crippen LogP contribution in [0.3, 0.4) is 0 Å². The fourth-order valence-electron chi connectivity index (χ4n) is 5.42. The van der Waals surface area contributed by atoms with Crippen LogP contribution in [-0.2, 0) is 18.7 Å². The smallest absolute Gasteiger partial charge is 0.200 e. The summed E-state index contributed by atoms with van der Waals surface area (Å²) in [6, 6.07) is 0. The molecule has 0 spiro atoms. The molecule has 4 atom stereocenters. The van der Waals surface area contributed by atoms with Crippen LogP contribution in [0.1, 0.15) is 75.7 Å². The van der Waals surface area contributed by atoms with E-state index in [1.54, 1.807) is 23.5 Å². The van der Waals surface area contributed by atoms with Crippen LogP contribution in [-0.4, -0.2) is 65.5 Å². The molecule has 0 radical (unpaired) electrons. The highest BCUT2D eigenvalue weighted by atomic mass is 32.2. The first kappa shape index (κ1) is 28.7. The predicted molar refractivity (Wildman–Crippen MR) is 139 cm³/mol. The monoisotopic (exact) mass is 506 g/mol. The fraction of sp³-hybridized carbons (Fsp3) is 0.958. The molecule has 0 aliphatic carbocycles. The Balaban J connectivity index is 2.39. The third kappa shape index (κ3) is 6.16. The first-order valence-electron chi connectivity index (χ1n) is 12.2. The largest absolute Gasteiger partial charge is 0.410 e. The molecule has 2 saturated heterocycles. The van der Waals surface area contributed by atoms with Crippen molar-refractivity contribution in [2.45, 2.75) is 127 Å². The van der Waals surface area contributed by atoms with Crippen molar-refractivity contribution in [1.82, 2.24) is 0 Å². The summed E-state index contributed by atoms with van der Waals surface area (Å²) < 4.78 is 19.4. The van der Waals surface area contributed by atoms with E-state index in [2.05, 4.69) is 55.4 Å². The van der Waals surface area contributed by atoms with Crippen molar-refractivity contribution < 1.29 is 23.8 Å². The molecule has 8 heteroatoms. The topological polar surface area (TPSA) is 65.0 Å². The van der Waals surface area contributed by atoms with Gasteiger partial charge in [0.05, 0.1) is 10.7 Å². The Labute approximate surface area is 205 Å². The van der Waals surface area contributed by atoms with E-state index in [1.165, 1.54) is 0 Å². The molecule has 32 heavy (non-hydrogen) atoms. The summed E-state index contributed by atoms with van der Waals surface area (Å²) >= 11 is 3.44. The summed E-state index contributed by atoms with van der Waals surface area (Å²) in [5.74, 6) is 0.950. The van der Waals surface area contributed by atoms with Gasteiger partial charge in [-0.25, -0.2) is 0 Å². The van der Waals surface area contributed by atoms with Crippen molar-refractivity contribution in [2.24, 2.45) is 5.92 Å². The van der Waals surface area contributed by atoms with E-state index in [9.17, 15) is 9.90 Å². The average Bonchev–Trinajstić information content (AvgIpc) is 2.69. The summed E-state index contributed by atoms with van der Waals surface area (Å²) in [6.07, 6.45) is -1.75. The van der Waals surface area contributed by atoms with E-state index in [1.807, 2.05) is 13.8 Å². The maximum atomic E-state index is 13.7. The number of Topliss-reactive ketones (excluding diaryl/α,β-unsaturated/α-hetero) is 1. The minimum atomic E-state index is -2.24. The average molecular weight is 507 g/mol. The van der Waals surface area contributed by atoms with Gasteiger partial charge in [-0.05, 0) is 54.3 Å². The zero-order valence-corrected chi connectivity index (χ0v) is 24.3. The number of aliphatic hydroxyl groups excluding tert-OH is 1. The lowest BCUT2D eigenvalue weighted by Gasteiger charge is -2.50. The van der Waals surface area contributed by atoms with E-state index >= 15 is 0 Å². The van der Waals surface area contributed by atoms with Crippen LogP contribution in [0.25, 0.3) is 0 Å². The Kier molecular flexibility index (Phi) is 10.2. The Morgan fingerprint density at radius 1 is 0.938 bits per heavy atom. The zero-order valence-electron chi connectivity index (χ0n) is 21.7. The van der Waals surface area contributed by atoms with E-state index < -0.39 is 32.4 Å². The van der Waals surface area contributed by atoms with E-state index in [0.717, 1.165) is 17.9 Å². The van der Waals surface area contributed by atoms with Crippen LogP contribution in [0.2, 0.25) is 16.6 Å². The van der Waals surface area contributed by atoms with Gasteiger partial charge < -0.3 is 19.0 Å². The number of ether oxygens (including phenoxy) is 2. The molecular weight excluding hydrogens is 460 g/mol. The van der Waals surface area contributed by atoms with Crippen molar-refractivity contribution in [3.05, 3.63) is 0 Å². The highest BCUT2D eigenvalue weighted by Gasteiger charge is 2.54. The molecule has 5 nitrogen and oxygen atoms in total. The highest BCUT2D eigenvalue weighted by molar-refractivity contribution is 8.17. The van der Waals surface area contributed by atoms with Crippen LogP contribution in [0.4, 0.5) is 0 Å². The van der Waals surface area contributed by atoms with Crippen LogP contribution >= 0.6 is 23.5 Å². The minimum Gasteiger partial charge on any atom is -0.410 e. The molecule has 1 N–H and O–H groups in total. The zero-order chi connectivity index (χ0) is 24.4. The number of carbonyl (C=O) groups excluding carboxylic acids is 1. The van der Waals surface area contributed by atoms with Gasteiger partial charge in [-0.2, -0.15) is 0 Å². The molecule has 0 aromatic carbocycles. The van der Waals surface area contributed by atoms with Gasteiger partial charge in [0.1, 0.15) is 18.3 Å². The lowest BCUT2D eigenvalue weighted by atomic mass is 9.93. The number of ketones is 1. The predicted octanol–water partition coefficient (Wildman–Crippen LogP) is 5.85. The molecule has 2 heterocycles. The van der Waals surface area contributed by atoms with Crippen LogP contribution in [0.15, 0.2) is 0 Å². The molecule has 0 bridgehead atoms. The first-order valence-corrected chi connectivity index (χ1v) is 16.5. The van der Waals surface area contributed by atoms with Gasteiger partial charge in [0.25, 0.3) is 0 Å². The highest BCUT2D eigenvalue weighted by Crippen LogP contribution is 2.45. The fourth-order valence-corrected chi connectivity index (χ4v) is 14.0. The molecule has 188 valence electrons. The molecule has 2 aliphatic rings. The van der Waals surface area contributed by atoms with Gasteiger partial charge in [0, 0.05) is 0 Å². The quantitative estimate of drug-likeness (QED) is 0.394. The number of thioether (sulfide) groups is 2. The number of aliphatic hydroxyl groups is 1. The Hall–Kier alpha value is 0.427. The van der Waals surface area contributed by atoms with Crippen molar-refractivity contribution in [2.75, 3.05) is 11.5 Å². The van der Waals surface area contributed by atoms with Crippen molar-refractivity contribution in [3.8, 4) is 0 Å². The lowest BCUT2D eigenvalue weighted by Crippen LogP contribution is -2.63. The molecule has 0 aromatic heterocycles. The Morgan fingerprint density at radius 3 is 1.84 bits per heavy atom. The summed E-state index contributed by atoms with van der Waals surface area (Å²) in [4.78, 5) is 13.7. The molecule has 2 fully saturated rings. The number of hydrogen-bond acceptors (Lipinski definition) is 7. The second kappa shape index (κ2) is 11.4. The van der Waals surface area contributed by atoms with Crippen molar-refractivity contribution in [1.29, 1.82) is 0 Å². The van der Waals surface area contributed by atoms with Crippen LogP contribution in [0.5, 0.6) is 0 Å². The van der Waals surface area contributed by atoms with Crippen LogP contribution in [0, 0.1) is 5.92 Å². The van der Waals surface area contributed by atoms with Gasteiger partial charge in [-0.3, -0.25) is 4.79 Å². The second-order valence-electron chi connectivity index (χ2n) is 11.0. The summed E-state index contributed by atoms with van der Waals surface area (Å²) in [5.41, 5.74) is 1.22. The van der Waals surface area contributed by atoms with E-state index in [-0.39, 0.29) is 22.4 Å². The van der Waals surface area contributed by atoms with Gasteiger partial charge >= 0.3 is 0 Å². The SMILES string of the molecule is CC(C)[C@H](O[Si](C(C)C)(C(C)C)C(C)C)[C@@H]1OC(C)(C)O[C@H]([C@H](O)C2SCCCS2)C1=O. The van der Waals surface area contributed by atoms with Gasteiger partial charge in [-0.15, -0.1) is 23.5 Å². The molecular formula is C24H46O5S2Si. The molecule has 2 rings (SSSR count). The molecule has 0 unspecified atom stereocenters. The molecule has 0 amide bonds. The summed E-state index contributed by atoms with van der Waals surface area (Å²) in [7, 11) is -2.24. The number of rotatable bonds is 9. The number of hydrogen-bond donors (Lipinski definition) is 1. The summed E-state index contributed by atoms with van der Waals surface area (Å²) in [6.45, 7) is 21.4. The van der Waals surface area contributed by atoms with E-state index in [0.29, 0.717) is 16.6 Å². The van der Waals surface area contributed by atoms with E-state index in [4.69, 9.17) is 13.9 Å². The standard InChI is InChI=1S/C24H46O5S2Si/c1-14(2)20(29-32(15(3)4,16(5)6)17(7)8)22-18(25)21(27-24(9,10)28-22)19(26)23-30-12-11-13-31-23/h14-17,19-23,26H,11-13H2,1-10H3/t19-,20-,21-,22+/m0/s1. The maximum absolute atomic E-state index is 13.7. The van der Waals surface area contributed by atoms with Gasteiger partial charge in [-0.1, -0.05) is 55.4 Å². The Bertz CT molecular complexity index is 598.